The Morgan fingerprint density at radius 2 is 2.00 bits per heavy atom. The van der Waals surface area contributed by atoms with Crippen LogP contribution in [0.5, 0.6) is 0 Å². The maximum atomic E-state index is 9.74. The maximum Gasteiger partial charge on any atom is 0.152 e. The van der Waals surface area contributed by atoms with Crippen molar-refractivity contribution in [3.05, 3.63) is 30.1 Å². The van der Waals surface area contributed by atoms with Crippen molar-refractivity contribution in [1.29, 1.82) is 0 Å². The lowest BCUT2D eigenvalue weighted by molar-refractivity contribution is 0.0610. The number of aliphatic hydroxyl groups is 1. The van der Waals surface area contributed by atoms with Crippen molar-refractivity contribution < 1.29 is 9.84 Å². The van der Waals surface area contributed by atoms with E-state index in [0.717, 1.165) is 49.0 Å². The van der Waals surface area contributed by atoms with Crippen molar-refractivity contribution in [2.45, 2.75) is 26.0 Å². The summed E-state index contributed by atoms with van der Waals surface area (Å²) in [7, 11) is 0. The number of benzene rings is 1. The average molecular weight is 312 g/mol. The zero-order chi connectivity index (χ0) is 15.8. The van der Waals surface area contributed by atoms with Crippen LogP contribution in [0.2, 0.25) is 0 Å². The molecule has 1 fully saturated rings. The van der Waals surface area contributed by atoms with Crippen LogP contribution >= 0.6 is 0 Å². The Kier molecular flexibility index (Phi) is 3.63. The van der Waals surface area contributed by atoms with Crippen molar-refractivity contribution in [3.8, 4) is 0 Å². The molecule has 0 unspecified atom stereocenters. The third kappa shape index (κ3) is 2.44. The number of aliphatic hydroxyl groups excluding tert-OH is 1. The minimum absolute atomic E-state index is 0.105. The zero-order valence-electron chi connectivity index (χ0n) is 12.9. The van der Waals surface area contributed by atoms with Gasteiger partial charge >= 0.3 is 0 Å². The lowest BCUT2D eigenvalue weighted by Gasteiger charge is -2.23. The molecule has 1 aromatic carbocycles. The van der Waals surface area contributed by atoms with Gasteiger partial charge in [-0.05, 0) is 24.8 Å². The Morgan fingerprint density at radius 3 is 2.78 bits per heavy atom. The van der Waals surface area contributed by atoms with Gasteiger partial charge in [0, 0.05) is 25.1 Å². The average Bonchev–Trinajstić information content (AvgIpc) is 2.95. The van der Waals surface area contributed by atoms with Gasteiger partial charge in [0.1, 0.15) is 17.9 Å². The van der Waals surface area contributed by atoms with Gasteiger partial charge in [-0.1, -0.05) is 18.2 Å². The Bertz CT molecular complexity index is 853. The highest BCUT2D eigenvalue weighted by Gasteiger charge is 2.21. The summed E-state index contributed by atoms with van der Waals surface area (Å²) in [6.07, 6.45) is 2.06. The van der Waals surface area contributed by atoms with Crippen LogP contribution in [0.15, 0.2) is 24.3 Å². The number of fused-ring (bicyclic) bond motifs is 3. The second-order valence-electron chi connectivity index (χ2n) is 6.06. The molecule has 2 aromatic heterocycles. The fourth-order valence-electron chi connectivity index (χ4n) is 3.41. The normalized spacial score (nSPS) is 16.4. The molecular formula is C17H20N4O2. The smallest absolute Gasteiger partial charge is 0.152 e. The molecule has 23 heavy (non-hydrogen) atoms. The molecule has 4 rings (SSSR count). The number of rotatable bonds is 3. The van der Waals surface area contributed by atoms with Crippen LogP contribution in [0.25, 0.3) is 21.9 Å². The first-order chi connectivity index (χ1) is 11.3. The molecule has 1 aliphatic heterocycles. The molecule has 0 amide bonds. The minimum atomic E-state index is -0.105. The molecule has 0 saturated carbocycles. The molecule has 120 valence electrons. The summed E-state index contributed by atoms with van der Waals surface area (Å²) in [4.78, 5) is 8.98. The van der Waals surface area contributed by atoms with Gasteiger partial charge in [0.25, 0.3) is 0 Å². The summed E-state index contributed by atoms with van der Waals surface area (Å²) in [5.41, 5.74) is 8.62. The van der Waals surface area contributed by atoms with E-state index in [-0.39, 0.29) is 6.61 Å². The monoisotopic (exact) mass is 312 g/mol. The second-order valence-corrected chi connectivity index (χ2v) is 6.06. The Balaban J connectivity index is 1.92. The molecule has 0 spiro atoms. The number of nitrogens with two attached hydrogens (primary N) is 1. The highest BCUT2D eigenvalue weighted by molar-refractivity contribution is 6.06. The first kappa shape index (κ1) is 14.4. The number of aromatic nitrogens is 3. The first-order valence-electron chi connectivity index (χ1n) is 8.00. The topological polar surface area (TPSA) is 86.2 Å². The standard InChI is InChI=1S/C17H20N4O2/c18-17-15-16(12-3-1-2-4-13(12)19-17)21(14(10-22)20-15)9-11-5-7-23-8-6-11/h1-4,11,22H,5-10H2,(H2,18,19). The van der Waals surface area contributed by atoms with Crippen molar-refractivity contribution in [3.63, 3.8) is 0 Å². The van der Waals surface area contributed by atoms with Crippen LogP contribution in [0, 0.1) is 5.92 Å². The number of nitrogen functional groups attached to an aromatic ring is 1. The van der Waals surface area contributed by atoms with Crippen LogP contribution in [-0.4, -0.2) is 32.9 Å². The molecule has 1 saturated heterocycles. The van der Waals surface area contributed by atoms with Crippen LogP contribution < -0.4 is 5.73 Å². The lowest BCUT2D eigenvalue weighted by Crippen LogP contribution is -2.21. The third-order valence-corrected chi connectivity index (χ3v) is 4.61. The molecule has 3 aromatic rings. The van der Waals surface area contributed by atoms with E-state index in [0.29, 0.717) is 23.1 Å². The second kappa shape index (κ2) is 5.79. The first-order valence-corrected chi connectivity index (χ1v) is 8.00. The highest BCUT2D eigenvalue weighted by Crippen LogP contribution is 2.30. The molecule has 0 bridgehead atoms. The summed E-state index contributed by atoms with van der Waals surface area (Å²) < 4.78 is 7.56. The number of anilines is 1. The summed E-state index contributed by atoms with van der Waals surface area (Å²) in [6, 6.07) is 7.93. The number of nitrogens with zero attached hydrogens (tertiary/aromatic N) is 3. The molecular weight excluding hydrogens is 292 g/mol. The molecule has 6 nitrogen and oxygen atoms in total. The number of imidazole rings is 1. The Hall–Kier alpha value is -2.18. The van der Waals surface area contributed by atoms with Gasteiger partial charge in [0.15, 0.2) is 5.82 Å². The van der Waals surface area contributed by atoms with E-state index < -0.39 is 0 Å². The summed E-state index contributed by atoms with van der Waals surface area (Å²) >= 11 is 0. The Morgan fingerprint density at radius 1 is 1.22 bits per heavy atom. The van der Waals surface area contributed by atoms with E-state index in [1.54, 1.807) is 0 Å². The molecule has 0 atom stereocenters. The number of ether oxygens (including phenoxy) is 1. The molecule has 0 aliphatic carbocycles. The van der Waals surface area contributed by atoms with Crippen LogP contribution in [-0.2, 0) is 17.9 Å². The van der Waals surface area contributed by atoms with Crippen molar-refractivity contribution in [2.75, 3.05) is 18.9 Å². The van der Waals surface area contributed by atoms with E-state index in [1.807, 2.05) is 24.3 Å². The van der Waals surface area contributed by atoms with Gasteiger partial charge in [-0.2, -0.15) is 0 Å². The molecule has 0 radical (unpaired) electrons. The van der Waals surface area contributed by atoms with E-state index in [9.17, 15) is 5.11 Å². The van der Waals surface area contributed by atoms with Gasteiger partial charge in [-0.15, -0.1) is 0 Å². The summed E-state index contributed by atoms with van der Waals surface area (Å²) in [5, 5.41) is 10.8. The molecule has 3 heterocycles. The van der Waals surface area contributed by atoms with Crippen molar-refractivity contribution in [1.82, 2.24) is 14.5 Å². The maximum absolute atomic E-state index is 9.74. The number of hydrogen-bond donors (Lipinski definition) is 2. The van der Waals surface area contributed by atoms with Gasteiger partial charge in [0.2, 0.25) is 0 Å². The minimum Gasteiger partial charge on any atom is -0.388 e. The number of pyridine rings is 1. The van der Waals surface area contributed by atoms with E-state index in [1.165, 1.54) is 0 Å². The fourth-order valence-corrected chi connectivity index (χ4v) is 3.41. The predicted octanol–water partition coefficient (Wildman–Crippen LogP) is 2.09. The molecule has 6 heteroatoms. The van der Waals surface area contributed by atoms with Crippen LogP contribution in [0.3, 0.4) is 0 Å². The van der Waals surface area contributed by atoms with Gasteiger partial charge in [-0.25, -0.2) is 9.97 Å². The van der Waals surface area contributed by atoms with Crippen LogP contribution in [0.4, 0.5) is 5.82 Å². The van der Waals surface area contributed by atoms with Crippen molar-refractivity contribution in [2.24, 2.45) is 5.92 Å². The van der Waals surface area contributed by atoms with Gasteiger partial charge < -0.3 is 20.1 Å². The summed E-state index contributed by atoms with van der Waals surface area (Å²) in [6.45, 7) is 2.32. The molecule has 3 N–H and O–H groups in total. The number of para-hydroxylation sites is 1. The fraction of sp³-hybridized carbons (Fsp3) is 0.412. The van der Waals surface area contributed by atoms with Gasteiger partial charge in [0.05, 0.1) is 11.0 Å². The molecule has 1 aliphatic rings. The zero-order valence-corrected chi connectivity index (χ0v) is 12.9. The van der Waals surface area contributed by atoms with Crippen molar-refractivity contribution >= 4 is 27.8 Å². The number of hydrogen-bond acceptors (Lipinski definition) is 5. The van der Waals surface area contributed by atoms with E-state index in [4.69, 9.17) is 10.5 Å². The largest absolute Gasteiger partial charge is 0.388 e. The third-order valence-electron chi connectivity index (χ3n) is 4.61. The van der Waals surface area contributed by atoms with E-state index in [2.05, 4.69) is 14.5 Å². The van der Waals surface area contributed by atoms with Crippen LogP contribution in [0.1, 0.15) is 18.7 Å². The highest BCUT2D eigenvalue weighted by atomic mass is 16.5. The quantitative estimate of drug-likeness (QED) is 0.773. The lowest BCUT2D eigenvalue weighted by atomic mass is 10.00. The Labute approximate surface area is 133 Å². The van der Waals surface area contributed by atoms with E-state index >= 15 is 0 Å². The summed E-state index contributed by atoms with van der Waals surface area (Å²) in [5.74, 6) is 1.59. The predicted molar refractivity (Wildman–Crippen MR) is 88.9 cm³/mol. The SMILES string of the molecule is Nc1nc2ccccc2c2c1nc(CO)n2CC1CCOCC1. The van der Waals surface area contributed by atoms with Gasteiger partial charge in [-0.3, -0.25) is 0 Å².